The zero-order valence-corrected chi connectivity index (χ0v) is 16.2. The van der Waals surface area contributed by atoms with E-state index in [0.29, 0.717) is 23.9 Å². The molecule has 0 aliphatic heterocycles. The van der Waals surface area contributed by atoms with Gasteiger partial charge in [0.1, 0.15) is 6.33 Å². The van der Waals surface area contributed by atoms with Crippen molar-refractivity contribution in [1.82, 2.24) is 15.0 Å². The van der Waals surface area contributed by atoms with E-state index in [0.717, 1.165) is 24.5 Å². The van der Waals surface area contributed by atoms with Crippen molar-refractivity contribution in [2.75, 3.05) is 22.9 Å². The summed E-state index contributed by atoms with van der Waals surface area (Å²) in [5, 5.41) is 6.63. The van der Waals surface area contributed by atoms with Gasteiger partial charge in [-0.05, 0) is 31.2 Å². The third kappa shape index (κ3) is 8.20. The third-order valence-electron chi connectivity index (χ3n) is 3.77. The van der Waals surface area contributed by atoms with Gasteiger partial charge in [0, 0.05) is 24.1 Å². The van der Waals surface area contributed by atoms with Crippen LogP contribution in [0.1, 0.15) is 39.2 Å². The lowest BCUT2D eigenvalue weighted by atomic mass is 10.0. The van der Waals surface area contributed by atoms with Crippen LogP contribution in [0.4, 0.5) is 11.9 Å². The van der Waals surface area contributed by atoms with E-state index in [2.05, 4.69) is 70.6 Å². The Morgan fingerprint density at radius 1 is 1.00 bits per heavy atom. The minimum Gasteiger partial charge on any atom is -0.353 e. The molecule has 6 heteroatoms. The van der Waals surface area contributed by atoms with Crippen LogP contribution in [0.3, 0.4) is 0 Å². The van der Waals surface area contributed by atoms with Gasteiger partial charge in [0.25, 0.3) is 0 Å². The fraction of sp³-hybridized carbons (Fsp3) is 0.526. The van der Waals surface area contributed by atoms with Crippen molar-refractivity contribution in [2.45, 2.75) is 45.4 Å². The van der Waals surface area contributed by atoms with Gasteiger partial charge in [-0.1, -0.05) is 44.2 Å². The molecule has 1 aromatic heterocycles. The maximum Gasteiger partial charge on any atom is 0.227 e. The van der Waals surface area contributed by atoms with Crippen molar-refractivity contribution in [3.8, 4) is 0 Å². The maximum absolute atomic E-state index is 4.44. The number of nitrogens with zero attached hydrogens (tertiary/aromatic N) is 3. The first kappa shape index (κ1) is 19.5. The summed E-state index contributed by atoms with van der Waals surface area (Å²) in [6.07, 6.45) is 3.87. The van der Waals surface area contributed by atoms with Gasteiger partial charge in [-0.3, -0.25) is 0 Å². The van der Waals surface area contributed by atoms with Gasteiger partial charge < -0.3 is 10.6 Å². The smallest absolute Gasteiger partial charge is 0.227 e. The normalized spacial score (nSPS) is 12.2. The molecule has 1 unspecified atom stereocenters. The molecule has 0 fully saturated rings. The molecule has 0 saturated heterocycles. The Bertz CT molecular complexity index is 606. The number of hydrogen-bond acceptors (Lipinski definition) is 6. The average Bonchev–Trinajstić information content (AvgIpc) is 2.61. The van der Waals surface area contributed by atoms with E-state index in [9.17, 15) is 0 Å². The largest absolute Gasteiger partial charge is 0.353 e. The quantitative estimate of drug-likeness (QED) is 0.578. The molecule has 0 radical (unpaired) electrons. The Balaban J connectivity index is 1.68. The molecule has 1 aromatic carbocycles. The van der Waals surface area contributed by atoms with Crippen LogP contribution in [0.5, 0.6) is 0 Å². The Morgan fingerprint density at radius 2 is 1.76 bits per heavy atom. The van der Waals surface area contributed by atoms with Crippen LogP contribution in [0.2, 0.25) is 0 Å². The molecule has 1 heterocycles. The van der Waals surface area contributed by atoms with Crippen molar-refractivity contribution < 1.29 is 0 Å². The Hall–Kier alpha value is -1.82. The van der Waals surface area contributed by atoms with Crippen LogP contribution in [0.25, 0.3) is 0 Å². The summed E-state index contributed by atoms with van der Waals surface area (Å²) in [6, 6.07) is 10.9. The molecule has 0 bridgehead atoms. The number of hydrogen-bond donors (Lipinski definition) is 2. The number of rotatable bonds is 11. The van der Waals surface area contributed by atoms with E-state index in [1.165, 1.54) is 12.0 Å². The van der Waals surface area contributed by atoms with Gasteiger partial charge in [-0.15, -0.1) is 0 Å². The highest BCUT2D eigenvalue weighted by Gasteiger charge is 2.06. The first-order valence-electron chi connectivity index (χ1n) is 8.94. The van der Waals surface area contributed by atoms with E-state index in [-0.39, 0.29) is 0 Å². The fourth-order valence-corrected chi connectivity index (χ4v) is 3.15. The number of thioether (sulfide) groups is 1. The van der Waals surface area contributed by atoms with E-state index < -0.39 is 0 Å². The molecule has 5 nitrogen and oxygen atoms in total. The van der Waals surface area contributed by atoms with Crippen LogP contribution in [0, 0.1) is 5.92 Å². The number of nitrogens with one attached hydrogen (secondary N) is 2. The Labute approximate surface area is 155 Å². The summed E-state index contributed by atoms with van der Waals surface area (Å²) in [5.41, 5.74) is 1.36. The molecule has 0 amide bonds. The summed E-state index contributed by atoms with van der Waals surface area (Å²) in [5.74, 6) is 4.03. The topological polar surface area (TPSA) is 62.7 Å². The molecule has 2 rings (SSSR count). The molecule has 25 heavy (non-hydrogen) atoms. The predicted octanol–water partition coefficient (Wildman–Crippen LogP) is 4.45. The third-order valence-corrected chi connectivity index (χ3v) is 4.80. The van der Waals surface area contributed by atoms with Gasteiger partial charge in [0.2, 0.25) is 11.9 Å². The minimum absolute atomic E-state index is 0.360. The van der Waals surface area contributed by atoms with Crippen LogP contribution in [0.15, 0.2) is 36.7 Å². The molecule has 2 N–H and O–H groups in total. The van der Waals surface area contributed by atoms with Crippen molar-refractivity contribution in [3.05, 3.63) is 42.2 Å². The highest BCUT2D eigenvalue weighted by Crippen LogP contribution is 2.12. The highest BCUT2D eigenvalue weighted by atomic mass is 32.2. The highest BCUT2D eigenvalue weighted by molar-refractivity contribution is 7.98. The lowest BCUT2D eigenvalue weighted by Gasteiger charge is -2.15. The standard InChI is InChI=1S/C19H29N5S/c1-15(2)9-10-16(3)23-19-22-14-21-18(24-19)20-11-12-25-13-17-7-5-4-6-8-17/h4-8,14-16H,9-13H2,1-3H3,(H2,20,21,22,23,24). The molecule has 0 spiro atoms. The molecule has 0 aliphatic carbocycles. The van der Waals surface area contributed by atoms with Crippen molar-refractivity contribution in [1.29, 1.82) is 0 Å². The minimum atomic E-state index is 0.360. The number of benzene rings is 1. The van der Waals surface area contributed by atoms with Crippen LogP contribution in [-0.2, 0) is 5.75 Å². The molecule has 0 saturated carbocycles. The van der Waals surface area contributed by atoms with Crippen molar-refractivity contribution >= 4 is 23.7 Å². The number of aromatic nitrogens is 3. The van der Waals surface area contributed by atoms with E-state index in [4.69, 9.17) is 0 Å². The summed E-state index contributed by atoms with van der Waals surface area (Å²) < 4.78 is 0. The molecule has 2 aromatic rings. The second kappa shape index (κ2) is 10.9. The van der Waals surface area contributed by atoms with Crippen LogP contribution < -0.4 is 10.6 Å². The zero-order chi connectivity index (χ0) is 17.9. The lowest BCUT2D eigenvalue weighted by Crippen LogP contribution is -2.18. The zero-order valence-electron chi connectivity index (χ0n) is 15.4. The Kier molecular flexibility index (Phi) is 8.52. The van der Waals surface area contributed by atoms with Gasteiger partial charge in [-0.2, -0.15) is 16.7 Å². The van der Waals surface area contributed by atoms with Gasteiger partial charge in [-0.25, -0.2) is 9.97 Å². The summed E-state index contributed by atoms with van der Waals surface area (Å²) in [6.45, 7) is 7.49. The molecule has 1 atom stereocenters. The van der Waals surface area contributed by atoms with E-state index in [1.54, 1.807) is 6.33 Å². The van der Waals surface area contributed by atoms with E-state index >= 15 is 0 Å². The predicted molar refractivity (Wildman–Crippen MR) is 108 cm³/mol. The van der Waals surface area contributed by atoms with Crippen molar-refractivity contribution in [3.63, 3.8) is 0 Å². The number of anilines is 2. The lowest BCUT2D eigenvalue weighted by molar-refractivity contribution is 0.526. The van der Waals surface area contributed by atoms with Gasteiger partial charge in [0.15, 0.2) is 0 Å². The molecular formula is C19H29N5S. The SMILES string of the molecule is CC(C)CCC(C)Nc1ncnc(NCCSCc2ccccc2)n1. The van der Waals surface area contributed by atoms with Gasteiger partial charge >= 0.3 is 0 Å². The fourth-order valence-electron chi connectivity index (χ4n) is 2.33. The maximum atomic E-state index is 4.44. The van der Waals surface area contributed by atoms with Crippen LogP contribution >= 0.6 is 11.8 Å². The monoisotopic (exact) mass is 359 g/mol. The first-order valence-corrected chi connectivity index (χ1v) is 10.1. The Morgan fingerprint density at radius 3 is 2.52 bits per heavy atom. The van der Waals surface area contributed by atoms with Gasteiger partial charge in [0.05, 0.1) is 0 Å². The summed E-state index contributed by atoms with van der Waals surface area (Å²) in [7, 11) is 0. The van der Waals surface area contributed by atoms with Crippen molar-refractivity contribution in [2.24, 2.45) is 5.92 Å². The summed E-state index contributed by atoms with van der Waals surface area (Å²) in [4.78, 5) is 12.8. The second-order valence-electron chi connectivity index (χ2n) is 6.61. The molecule has 136 valence electrons. The molecular weight excluding hydrogens is 330 g/mol. The first-order chi connectivity index (χ1) is 12.1. The second-order valence-corrected chi connectivity index (χ2v) is 7.72. The molecule has 0 aliphatic rings. The van der Waals surface area contributed by atoms with Crippen LogP contribution in [-0.4, -0.2) is 33.3 Å². The summed E-state index contributed by atoms with van der Waals surface area (Å²) >= 11 is 1.90. The van der Waals surface area contributed by atoms with E-state index in [1.807, 2.05) is 17.8 Å². The average molecular weight is 360 g/mol.